The van der Waals surface area contributed by atoms with Gasteiger partial charge in [-0.25, -0.2) is 9.97 Å². The molecular formula is C16H23N5S. The van der Waals surface area contributed by atoms with Crippen LogP contribution in [0.15, 0.2) is 6.33 Å². The minimum absolute atomic E-state index is 0.469. The maximum atomic E-state index is 4.54. The maximum absolute atomic E-state index is 4.54. The van der Waals surface area contributed by atoms with Crippen molar-refractivity contribution in [3.63, 3.8) is 0 Å². The molecule has 0 amide bonds. The van der Waals surface area contributed by atoms with Crippen LogP contribution >= 0.6 is 11.3 Å². The van der Waals surface area contributed by atoms with Gasteiger partial charge in [0.15, 0.2) is 0 Å². The highest BCUT2D eigenvalue weighted by atomic mass is 32.1. The molecule has 2 aliphatic rings. The van der Waals surface area contributed by atoms with Crippen molar-refractivity contribution in [2.45, 2.75) is 51.6 Å². The van der Waals surface area contributed by atoms with E-state index in [-0.39, 0.29) is 0 Å². The number of aryl methyl sites for hydroxylation is 2. The third-order valence-corrected chi connectivity index (χ3v) is 6.28. The molecule has 1 aliphatic carbocycles. The SMILES string of the molecule is CC1NNC(C)C1CNc1ncnc2sc3c(c12)CCCC3. The number of thiophene rings is 1. The minimum atomic E-state index is 0.469. The Balaban J connectivity index is 1.63. The van der Waals surface area contributed by atoms with E-state index in [0.717, 1.165) is 17.2 Å². The topological polar surface area (TPSA) is 61.9 Å². The van der Waals surface area contributed by atoms with Crippen molar-refractivity contribution in [2.75, 3.05) is 11.9 Å². The molecule has 2 aromatic heterocycles. The molecule has 4 rings (SSSR count). The number of hydrazine groups is 1. The molecule has 1 saturated heterocycles. The first-order valence-corrected chi connectivity index (χ1v) is 9.06. The van der Waals surface area contributed by atoms with E-state index in [1.54, 1.807) is 6.33 Å². The molecule has 0 radical (unpaired) electrons. The fourth-order valence-corrected chi connectivity index (χ4v) is 4.93. The van der Waals surface area contributed by atoms with Crippen LogP contribution < -0.4 is 16.2 Å². The summed E-state index contributed by atoms with van der Waals surface area (Å²) >= 11 is 1.86. The molecule has 3 heterocycles. The summed E-state index contributed by atoms with van der Waals surface area (Å²) < 4.78 is 0. The van der Waals surface area contributed by atoms with Gasteiger partial charge >= 0.3 is 0 Å². The molecule has 3 N–H and O–H groups in total. The van der Waals surface area contributed by atoms with E-state index in [1.807, 2.05) is 11.3 Å². The summed E-state index contributed by atoms with van der Waals surface area (Å²) in [6.45, 7) is 5.38. The summed E-state index contributed by atoms with van der Waals surface area (Å²) in [7, 11) is 0. The van der Waals surface area contributed by atoms with Gasteiger partial charge in [-0.2, -0.15) is 0 Å². The molecule has 0 aromatic carbocycles. The van der Waals surface area contributed by atoms with Gasteiger partial charge in [0, 0.05) is 29.4 Å². The smallest absolute Gasteiger partial charge is 0.138 e. The van der Waals surface area contributed by atoms with Crippen molar-refractivity contribution in [2.24, 2.45) is 5.92 Å². The van der Waals surface area contributed by atoms with Gasteiger partial charge in [0.05, 0.1) is 5.39 Å². The Bertz CT molecular complexity index is 672. The van der Waals surface area contributed by atoms with Gasteiger partial charge in [-0.05, 0) is 45.1 Å². The third kappa shape index (κ3) is 2.39. The number of hydrogen-bond donors (Lipinski definition) is 3. The Kier molecular flexibility index (Phi) is 3.76. The van der Waals surface area contributed by atoms with Crippen molar-refractivity contribution in [1.29, 1.82) is 0 Å². The number of rotatable bonds is 3. The normalized spacial score (nSPS) is 28.0. The zero-order valence-corrected chi connectivity index (χ0v) is 14.0. The first-order valence-electron chi connectivity index (χ1n) is 8.24. The molecule has 2 atom stereocenters. The van der Waals surface area contributed by atoms with Crippen LogP contribution in [0.4, 0.5) is 5.82 Å². The standard InChI is InChI=1S/C16H23N5S/c1-9-12(10(2)21-20-9)7-17-15-14-11-5-3-4-6-13(11)22-16(14)19-8-18-15/h8-10,12,20-21H,3-7H2,1-2H3,(H,17,18,19). The predicted molar refractivity (Wildman–Crippen MR) is 91.2 cm³/mol. The van der Waals surface area contributed by atoms with Crippen LogP contribution in [-0.2, 0) is 12.8 Å². The molecular weight excluding hydrogens is 294 g/mol. The van der Waals surface area contributed by atoms with Crippen molar-refractivity contribution in [3.05, 3.63) is 16.8 Å². The first-order chi connectivity index (χ1) is 10.7. The zero-order chi connectivity index (χ0) is 15.1. The molecule has 2 unspecified atom stereocenters. The Labute approximate surface area is 134 Å². The fraction of sp³-hybridized carbons (Fsp3) is 0.625. The number of nitrogens with one attached hydrogen (secondary N) is 3. The largest absolute Gasteiger partial charge is 0.369 e. The highest BCUT2D eigenvalue weighted by molar-refractivity contribution is 7.19. The summed E-state index contributed by atoms with van der Waals surface area (Å²) in [5, 5.41) is 4.88. The summed E-state index contributed by atoms with van der Waals surface area (Å²) in [6.07, 6.45) is 6.68. The van der Waals surface area contributed by atoms with E-state index < -0.39 is 0 Å². The van der Waals surface area contributed by atoms with Gasteiger partial charge in [0.1, 0.15) is 17.0 Å². The summed E-state index contributed by atoms with van der Waals surface area (Å²) in [5.74, 6) is 1.58. The van der Waals surface area contributed by atoms with Crippen LogP contribution in [0.2, 0.25) is 0 Å². The second-order valence-electron chi connectivity index (χ2n) is 6.52. The maximum Gasteiger partial charge on any atom is 0.138 e. The third-order valence-electron chi connectivity index (χ3n) is 5.08. The molecule has 2 aromatic rings. The van der Waals surface area contributed by atoms with Crippen LogP contribution in [0.1, 0.15) is 37.1 Å². The number of nitrogens with zero attached hydrogens (tertiary/aromatic N) is 2. The van der Waals surface area contributed by atoms with Gasteiger partial charge < -0.3 is 5.32 Å². The lowest BCUT2D eigenvalue weighted by molar-refractivity contribution is 0.466. The Morgan fingerprint density at radius 3 is 2.77 bits per heavy atom. The molecule has 118 valence electrons. The van der Waals surface area contributed by atoms with Gasteiger partial charge in [-0.3, -0.25) is 10.9 Å². The van der Waals surface area contributed by atoms with E-state index in [1.165, 1.54) is 41.5 Å². The van der Waals surface area contributed by atoms with Gasteiger partial charge in [-0.15, -0.1) is 11.3 Å². The molecule has 6 heteroatoms. The zero-order valence-electron chi connectivity index (χ0n) is 13.1. The van der Waals surface area contributed by atoms with Gasteiger partial charge in [-0.1, -0.05) is 0 Å². The van der Waals surface area contributed by atoms with E-state index in [0.29, 0.717) is 18.0 Å². The summed E-state index contributed by atoms with van der Waals surface area (Å²) in [6, 6.07) is 0.937. The summed E-state index contributed by atoms with van der Waals surface area (Å²) in [5.41, 5.74) is 8.13. The average molecular weight is 317 g/mol. The molecule has 5 nitrogen and oxygen atoms in total. The summed E-state index contributed by atoms with van der Waals surface area (Å²) in [4.78, 5) is 11.7. The lowest BCUT2D eigenvalue weighted by Gasteiger charge is -2.19. The monoisotopic (exact) mass is 317 g/mol. The predicted octanol–water partition coefficient (Wildman–Crippen LogP) is 2.48. The molecule has 1 fully saturated rings. The van der Waals surface area contributed by atoms with Crippen LogP contribution in [0.3, 0.4) is 0 Å². The van der Waals surface area contributed by atoms with Crippen LogP contribution in [0.25, 0.3) is 10.2 Å². The molecule has 0 bridgehead atoms. The van der Waals surface area contributed by atoms with E-state index >= 15 is 0 Å². The highest BCUT2D eigenvalue weighted by Crippen LogP contribution is 2.38. The fourth-order valence-electron chi connectivity index (χ4n) is 3.70. The second kappa shape index (κ2) is 5.76. The average Bonchev–Trinajstić information content (AvgIpc) is 3.06. The second-order valence-corrected chi connectivity index (χ2v) is 7.61. The Morgan fingerprint density at radius 1 is 1.18 bits per heavy atom. The van der Waals surface area contributed by atoms with E-state index in [9.17, 15) is 0 Å². The molecule has 0 spiro atoms. The van der Waals surface area contributed by atoms with Gasteiger partial charge in [0.2, 0.25) is 0 Å². The Morgan fingerprint density at radius 2 is 1.95 bits per heavy atom. The first kappa shape index (κ1) is 14.4. The lowest BCUT2D eigenvalue weighted by Crippen LogP contribution is -2.30. The number of hydrogen-bond acceptors (Lipinski definition) is 6. The van der Waals surface area contributed by atoms with E-state index in [2.05, 4.69) is 40.0 Å². The van der Waals surface area contributed by atoms with Crippen LogP contribution in [0.5, 0.6) is 0 Å². The quantitative estimate of drug-likeness (QED) is 0.812. The lowest BCUT2D eigenvalue weighted by atomic mass is 9.96. The van der Waals surface area contributed by atoms with Crippen LogP contribution in [-0.4, -0.2) is 28.6 Å². The number of fused-ring (bicyclic) bond motifs is 3. The molecule has 0 saturated carbocycles. The van der Waals surface area contributed by atoms with Crippen molar-refractivity contribution < 1.29 is 0 Å². The van der Waals surface area contributed by atoms with Crippen molar-refractivity contribution in [3.8, 4) is 0 Å². The highest BCUT2D eigenvalue weighted by Gasteiger charge is 2.30. The van der Waals surface area contributed by atoms with Gasteiger partial charge in [0.25, 0.3) is 0 Å². The van der Waals surface area contributed by atoms with Crippen molar-refractivity contribution >= 4 is 27.4 Å². The molecule has 22 heavy (non-hydrogen) atoms. The minimum Gasteiger partial charge on any atom is -0.369 e. The van der Waals surface area contributed by atoms with Crippen LogP contribution in [0, 0.1) is 5.92 Å². The van der Waals surface area contributed by atoms with Crippen molar-refractivity contribution in [1.82, 2.24) is 20.8 Å². The molecule has 1 aliphatic heterocycles. The Hall–Kier alpha value is -1.24. The number of aromatic nitrogens is 2. The number of anilines is 1. The van der Waals surface area contributed by atoms with E-state index in [4.69, 9.17) is 0 Å².